The Balaban J connectivity index is 2.35. The topological polar surface area (TPSA) is 17.1 Å². The average molecular weight is 220 g/mol. The maximum Gasteiger partial charge on any atom is 0.151 e. The van der Waals surface area contributed by atoms with E-state index >= 15 is 0 Å². The van der Waals surface area contributed by atoms with Crippen molar-refractivity contribution in [3.63, 3.8) is 0 Å². The third kappa shape index (κ3) is 2.00. The molecule has 0 fully saturated rings. The van der Waals surface area contributed by atoms with Gasteiger partial charge in [0.15, 0.2) is 6.29 Å². The van der Waals surface area contributed by atoms with Gasteiger partial charge in [0.2, 0.25) is 0 Å². The zero-order valence-electron chi connectivity index (χ0n) is 7.34. The fourth-order valence-electron chi connectivity index (χ4n) is 1.13. The predicted molar refractivity (Wildman–Crippen MR) is 62.6 cm³/mol. The van der Waals surface area contributed by atoms with E-state index in [1.165, 1.54) is 0 Å². The van der Waals surface area contributed by atoms with Crippen LogP contribution in [0, 0.1) is 0 Å². The SMILES string of the molecule is O=C/C(=C/c1cccs1)c1cccs1. The van der Waals surface area contributed by atoms with Gasteiger partial charge in [-0.15, -0.1) is 22.7 Å². The molecule has 2 aromatic rings. The lowest BCUT2D eigenvalue weighted by atomic mass is 10.2. The first-order valence-corrected chi connectivity index (χ1v) is 5.90. The van der Waals surface area contributed by atoms with E-state index in [1.54, 1.807) is 22.7 Å². The van der Waals surface area contributed by atoms with Crippen molar-refractivity contribution in [1.29, 1.82) is 0 Å². The lowest BCUT2D eigenvalue weighted by Crippen LogP contribution is -1.79. The Bertz CT molecular complexity index is 424. The van der Waals surface area contributed by atoms with Gasteiger partial charge in [-0.3, -0.25) is 4.79 Å². The van der Waals surface area contributed by atoms with Gasteiger partial charge in [-0.2, -0.15) is 0 Å². The molecule has 2 rings (SSSR count). The van der Waals surface area contributed by atoms with Gasteiger partial charge < -0.3 is 0 Å². The van der Waals surface area contributed by atoms with Gasteiger partial charge in [0, 0.05) is 15.3 Å². The van der Waals surface area contributed by atoms with Crippen LogP contribution in [0.15, 0.2) is 35.0 Å². The first-order chi connectivity index (χ1) is 6.90. The number of carbonyl (C=O) groups excluding carboxylic acids is 1. The van der Waals surface area contributed by atoms with Crippen LogP contribution in [0.5, 0.6) is 0 Å². The molecule has 0 saturated heterocycles. The van der Waals surface area contributed by atoms with Crippen LogP contribution in [-0.2, 0) is 4.79 Å². The molecule has 3 heteroatoms. The molecule has 0 aromatic carbocycles. The minimum absolute atomic E-state index is 0.752. The Labute approximate surface area is 90.3 Å². The largest absolute Gasteiger partial charge is 0.298 e. The van der Waals surface area contributed by atoms with Gasteiger partial charge in [-0.25, -0.2) is 0 Å². The maximum absolute atomic E-state index is 10.9. The highest BCUT2D eigenvalue weighted by molar-refractivity contribution is 7.12. The molecule has 70 valence electrons. The van der Waals surface area contributed by atoms with E-state index in [-0.39, 0.29) is 0 Å². The number of carbonyl (C=O) groups is 1. The van der Waals surface area contributed by atoms with E-state index in [1.807, 2.05) is 41.1 Å². The van der Waals surface area contributed by atoms with E-state index in [9.17, 15) is 4.79 Å². The van der Waals surface area contributed by atoms with Crippen molar-refractivity contribution < 1.29 is 4.79 Å². The number of hydrogen-bond donors (Lipinski definition) is 0. The second-order valence-electron chi connectivity index (χ2n) is 2.71. The van der Waals surface area contributed by atoms with Crippen LogP contribution in [0.25, 0.3) is 11.6 Å². The summed E-state index contributed by atoms with van der Waals surface area (Å²) in [6.07, 6.45) is 2.83. The van der Waals surface area contributed by atoms with Gasteiger partial charge in [-0.1, -0.05) is 12.1 Å². The summed E-state index contributed by atoms with van der Waals surface area (Å²) in [7, 11) is 0. The van der Waals surface area contributed by atoms with Crippen LogP contribution < -0.4 is 0 Å². The average Bonchev–Trinajstić information content (AvgIpc) is 2.86. The molecule has 2 heterocycles. The molecule has 2 aromatic heterocycles. The van der Waals surface area contributed by atoms with Crippen LogP contribution in [-0.4, -0.2) is 6.29 Å². The van der Waals surface area contributed by atoms with Crippen molar-refractivity contribution >= 4 is 40.6 Å². The highest BCUT2D eigenvalue weighted by atomic mass is 32.1. The summed E-state index contributed by atoms with van der Waals surface area (Å²) in [6, 6.07) is 7.89. The molecule has 14 heavy (non-hydrogen) atoms. The molecule has 0 unspecified atom stereocenters. The summed E-state index contributed by atoms with van der Waals surface area (Å²) in [4.78, 5) is 13.0. The van der Waals surface area contributed by atoms with Crippen molar-refractivity contribution in [2.24, 2.45) is 0 Å². The Morgan fingerprint density at radius 2 is 1.93 bits per heavy atom. The first kappa shape index (κ1) is 9.37. The third-order valence-electron chi connectivity index (χ3n) is 1.77. The molecule has 0 saturated carbocycles. The fraction of sp³-hybridized carbons (Fsp3) is 0. The summed E-state index contributed by atoms with van der Waals surface area (Å²) in [5.74, 6) is 0. The van der Waals surface area contributed by atoms with Crippen LogP contribution >= 0.6 is 22.7 Å². The Morgan fingerprint density at radius 3 is 2.50 bits per heavy atom. The Kier molecular flexibility index (Phi) is 2.91. The summed E-state index contributed by atoms with van der Waals surface area (Å²) in [5, 5.41) is 3.98. The molecule has 0 radical (unpaired) electrons. The van der Waals surface area contributed by atoms with Crippen LogP contribution in [0.2, 0.25) is 0 Å². The van der Waals surface area contributed by atoms with Crippen molar-refractivity contribution in [1.82, 2.24) is 0 Å². The van der Waals surface area contributed by atoms with Crippen molar-refractivity contribution in [2.75, 3.05) is 0 Å². The van der Waals surface area contributed by atoms with Gasteiger partial charge in [-0.05, 0) is 29.0 Å². The van der Waals surface area contributed by atoms with Gasteiger partial charge in [0.05, 0.1) is 0 Å². The van der Waals surface area contributed by atoms with Crippen molar-refractivity contribution in [2.45, 2.75) is 0 Å². The second kappa shape index (κ2) is 4.35. The molecule has 1 nitrogen and oxygen atoms in total. The molecule has 0 atom stereocenters. The molecule has 0 bridgehead atoms. The van der Waals surface area contributed by atoms with Crippen LogP contribution in [0.4, 0.5) is 0 Å². The summed E-state index contributed by atoms with van der Waals surface area (Å²) in [6.45, 7) is 0. The number of hydrogen-bond acceptors (Lipinski definition) is 3. The number of aldehydes is 1. The molecule has 0 N–H and O–H groups in total. The number of thiophene rings is 2. The lowest BCUT2D eigenvalue weighted by molar-refractivity contribution is -0.103. The van der Waals surface area contributed by atoms with E-state index in [2.05, 4.69) is 0 Å². The zero-order valence-corrected chi connectivity index (χ0v) is 8.98. The molecular weight excluding hydrogens is 212 g/mol. The number of allylic oxidation sites excluding steroid dienone is 1. The van der Waals surface area contributed by atoms with E-state index in [0.717, 1.165) is 21.6 Å². The zero-order chi connectivity index (χ0) is 9.80. The summed E-state index contributed by atoms with van der Waals surface area (Å²) in [5.41, 5.74) is 0.752. The van der Waals surface area contributed by atoms with E-state index in [4.69, 9.17) is 0 Å². The maximum atomic E-state index is 10.9. The standard InChI is InChI=1S/C11H8OS2/c12-8-9(11-4-2-6-14-11)7-10-3-1-5-13-10/h1-8H/b9-7-. The van der Waals surface area contributed by atoms with Crippen LogP contribution in [0.1, 0.15) is 9.75 Å². The molecule has 0 spiro atoms. The predicted octanol–water partition coefficient (Wildman–Crippen LogP) is 3.55. The number of rotatable bonds is 3. The van der Waals surface area contributed by atoms with E-state index in [0.29, 0.717) is 0 Å². The highest BCUT2D eigenvalue weighted by Gasteiger charge is 2.01. The highest BCUT2D eigenvalue weighted by Crippen LogP contribution is 2.22. The minimum atomic E-state index is 0.752. The van der Waals surface area contributed by atoms with Gasteiger partial charge >= 0.3 is 0 Å². The molecule has 0 amide bonds. The Hall–Kier alpha value is -1.19. The normalized spacial score (nSPS) is 11.6. The Morgan fingerprint density at radius 1 is 1.14 bits per heavy atom. The molecule has 0 aliphatic heterocycles. The van der Waals surface area contributed by atoms with Crippen LogP contribution in [0.3, 0.4) is 0 Å². The molecular formula is C11H8OS2. The molecule has 0 aliphatic rings. The summed E-state index contributed by atoms with van der Waals surface area (Å²) >= 11 is 3.22. The molecule has 0 aliphatic carbocycles. The first-order valence-electron chi connectivity index (χ1n) is 4.14. The van der Waals surface area contributed by atoms with E-state index < -0.39 is 0 Å². The quantitative estimate of drug-likeness (QED) is 0.571. The van der Waals surface area contributed by atoms with Crippen molar-refractivity contribution in [3.8, 4) is 0 Å². The van der Waals surface area contributed by atoms with Gasteiger partial charge in [0.25, 0.3) is 0 Å². The lowest BCUT2D eigenvalue weighted by Gasteiger charge is -1.92. The minimum Gasteiger partial charge on any atom is -0.298 e. The third-order valence-corrected chi connectivity index (χ3v) is 3.51. The second-order valence-corrected chi connectivity index (χ2v) is 4.64. The summed E-state index contributed by atoms with van der Waals surface area (Å²) < 4.78 is 0. The monoisotopic (exact) mass is 220 g/mol. The van der Waals surface area contributed by atoms with Crippen molar-refractivity contribution in [3.05, 3.63) is 44.8 Å². The van der Waals surface area contributed by atoms with Gasteiger partial charge in [0.1, 0.15) is 0 Å². The fourth-order valence-corrected chi connectivity index (χ4v) is 2.50. The smallest absolute Gasteiger partial charge is 0.151 e.